The van der Waals surface area contributed by atoms with Crippen LogP contribution in [-0.2, 0) is 14.3 Å². The summed E-state index contributed by atoms with van der Waals surface area (Å²) in [7, 11) is 0. The van der Waals surface area contributed by atoms with Gasteiger partial charge in [0.15, 0.2) is 0 Å². The number of hydrogen-bond acceptors (Lipinski definition) is 4. The lowest BCUT2D eigenvalue weighted by Gasteiger charge is -2.39. The van der Waals surface area contributed by atoms with Crippen LogP contribution >= 0.6 is 0 Å². The summed E-state index contributed by atoms with van der Waals surface area (Å²) < 4.78 is 18.7. The van der Waals surface area contributed by atoms with Gasteiger partial charge in [0.25, 0.3) is 0 Å². The molecule has 1 fully saturated rings. The van der Waals surface area contributed by atoms with E-state index in [0.717, 1.165) is 0 Å². The van der Waals surface area contributed by atoms with E-state index in [4.69, 9.17) is 4.74 Å². The van der Waals surface area contributed by atoms with Crippen LogP contribution in [0.3, 0.4) is 0 Å². The molecule has 2 atom stereocenters. The number of carbonyl (C=O) groups excluding carboxylic acids is 2. The van der Waals surface area contributed by atoms with E-state index in [1.165, 1.54) is 24.3 Å². The third-order valence-electron chi connectivity index (χ3n) is 4.39. The molecule has 6 nitrogen and oxygen atoms in total. The minimum atomic E-state index is -0.499. The van der Waals surface area contributed by atoms with E-state index in [0.29, 0.717) is 18.8 Å². The van der Waals surface area contributed by atoms with E-state index >= 15 is 0 Å². The first kappa shape index (κ1) is 21.3. The van der Waals surface area contributed by atoms with Crippen LogP contribution in [-0.4, -0.2) is 65.5 Å². The number of nitrogens with zero attached hydrogens (tertiary/aromatic N) is 2. The second kappa shape index (κ2) is 8.80. The summed E-state index contributed by atoms with van der Waals surface area (Å²) in [5.41, 5.74) is -0.000622. The van der Waals surface area contributed by atoms with Crippen molar-refractivity contribution in [1.82, 2.24) is 9.80 Å². The normalized spacial score (nSPS) is 21.0. The first-order valence-corrected chi connectivity index (χ1v) is 9.28. The lowest BCUT2D eigenvalue weighted by molar-refractivity contribution is -0.143. The number of ether oxygens (including phenoxy) is 1. The number of hydrogen-bond donors (Lipinski definition) is 1. The minimum absolute atomic E-state index is 0.0604. The molecule has 1 aliphatic heterocycles. The van der Waals surface area contributed by atoms with E-state index in [1.54, 1.807) is 4.90 Å². The molecule has 2 amide bonds. The first-order chi connectivity index (χ1) is 12.5. The van der Waals surface area contributed by atoms with E-state index < -0.39 is 5.54 Å². The summed E-state index contributed by atoms with van der Waals surface area (Å²) in [5, 5.41) is 2.71. The van der Waals surface area contributed by atoms with Crippen molar-refractivity contribution in [3.8, 4) is 0 Å². The standard InChI is InChI=1S/C20H30FN3O3/c1-14-10-23(11-15(2)27-14)13-19(26)24(20(3,4)5)12-18(25)22-17-8-6-16(21)7-9-17/h6-9,14-15H,10-13H2,1-5H3,(H,22,25)/t14-,15+. The molecule has 1 saturated heterocycles. The molecular formula is C20H30FN3O3. The summed E-state index contributed by atoms with van der Waals surface area (Å²) in [5.74, 6) is -0.778. The number of anilines is 1. The molecule has 1 aromatic carbocycles. The van der Waals surface area contributed by atoms with Gasteiger partial charge < -0.3 is 15.0 Å². The minimum Gasteiger partial charge on any atom is -0.373 e. The van der Waals surface area contributed by atoms with Crippen molar-refractivity contribution in [2.75, 3.05) is 31.5 Å². The Morgan fingerprint density at radius 2 is 1.74 bits per heavy atom. The highest BCUT2D eigenvalue weighted by atomic mass is 19.1. The fraction of sp³-hybridized carbons (Fsp3) is 0.600. The summed E-state index contributed by atoms with van der Waals surface area (Å²) in [6, 6.07) is 5.55. The predicted octanol–water partition coefficient (Wildman–Crippen LogP) is 2.50. The molecule has 0 saturated carbocycles. The molecule has 1 aromatic rings. The van der Waals surface area contributed by atoms with Gasteiger partial charge in [0.1, 0.15) is 12.4 Å². The van der Waals surface area contributed by atoms with Crippen LogP contribution in [0.5, 0.6) is 0 Å². The van der Waals surface area contributed by atoms with Gasteiger partial charge in [0.05, 0.1) is 18.8 Å². The van der Waals surface area contributed by atoms with Crippen molar-refractivity contribution < 1.29 is 18.7 Å². The van der Waals surface area contributed by atoms with Crippen LogP contribution in [0, 0.1) is 5.82 Å². The fourth-order valence-corrected chi connectivity index (χ4v) is 3.27. The van der Waals surface area contributed by atoms with E-state index in [9.17, 15) is 14.0 Å². The Bertz CT molecular complexity index is 647. The predicted molar refractivity (Wildman–Crippen MR) is 103 cm³/mol. The first-order valence-electron chi connectivity index (χ1n) is 9.28. The maximum absolute atomic E-state index is 13.0. The summed E-state index contributed by atoms with van der Waals surface area (Å²) in [6.45, 7) is 11.3. The maximum Gasteiger partial charge on any atom is 0.244 e. The molecule has 150 valence electrons. The molecule has 0 radical (unpaired) electrons. The van der Waals surface area contributed by atoms with E-state index in [-0.39, 0.29) is 42.9 Å². The molecule has 27 heavy (non-hydrogen) atoms. The van der Waals surface area contributed by atoms with Crippen molar-refractivity contribution in [3.63, 3.8) is 0 Å². The summed E-state index contributed by atoms with van der Waals surface area (Å²) in [4.78, 5) is 29.0. The highest BCUT2D eigenvalue weighted by molar-refractivity contribution is 5.95. The Kier molecular flexibility index (Phi) is 6.95. The molecule has 0 aromatic heterocycles. The number of morpholine rings is 1. The van der Waals surface area contributed by atoms with Crippen molar-refractivity contribution >= 4 is 17.5 Å². The van der Waals surface area contributed by atoms with Crippen LogP contribution in [0.2, 0.25) is 0 Å². The highest BCUT2D eigenvalue weighted by Crippen LogP contribution is 2.17. The fourth-order valence-electron chi connectivity index (χ4n) is 3.27. The number of rotatable bonds is 5. The summed E-state index contributed by atoms with van der Waals surface area (Å²) in [6.07, 6.45) is 0.151. The van der Waals surface area contributed by atoms with Crippen molar-refractivity contribution in [2.45, 2.75) is 52.4 Å². The maximum atomic E-state index is 13.0. The molecule has 7 heteroatoms. The lowest BCUT2D eigenvalue weighted by atomic mass is 10.1. The molecule has 1 N–H and O–H groups in total. The van der Waals surface area contributed by atoms with Crippen LogP contribution in [0.25, 0.3) is 0 Å². The molecular weight excluding hydrogens is 349 g/mol. The van der Waals surface area contributed by atoms with Crippen LogP contribution in [0.15, 0.2) is 24.3 Å². The van der Waals surface area contributed by atoms with Gasteiger partial charge >= 0.3 is 0 Å². The van der Waals surface area contributed by atoms with Gasteiger partial charge in [0.2, 0.25) is 11.8 Å². The third kappa shape index (κ3) is 6.59. The van der Waals surface area contributed by atoms with Crippen LogP contribution < -0.4 is 5.32 Å². The van der Waals surface area contributed by atoms with Gasteiger partial charge in [-0.1, -0.05) is 0 Å². The second-order valence-corrected chi connectivity index (χ2v) is 8.16. The topological polar surface area (TPSA) is 61.9 Å². The molecule has 0 bridgehead atoms. The van der Waals surface area contributed by atoms with E-state index in [2.05, 4.69) is 10.2 Å². The SMILES string of the molecule is C[C@@H]1CN(CC(=O)N(CC(=O)Nc2ccc(F)cc2)C(C)(C)C)C[C@H](C)O1. The van der Waals surface area contributed by atoms with Crippen LogP contribution in [0.1, 0.15) is 34.6 Å². The largest absolute Gasteiger partial charge is 0.373 e. The Morgan fingerprint density at radius 1 is 1.19 bits per heavy atom. The van der Waals surface area contributed by atoms with Gasteiger partial charge in [0, 0.05) is 24.3 Å². The Labute approximate surface area is 160 Å². The average Bonchev–Trinajstić information content (AvgIpc) is 2.52. The number of amides is 2. The van der Waals surface area contributed by atoms with Gasteiger partial charge in [-0.25, -0.2) is 4.39 Å². The molecule has 1 aliphatic rings. The number of nitrogens with one attached hydrogen (secondary N) is 1. The molecule has 0 unspecified atom stereocenters. The Morgan fingerprint density at radius 3 is 2.26 bits per heavy atom. The van der Waals surface area contributed by atoms with Gasteiger partial charge in [-0.15, -0.1) is 0 Å². The van der Waals surface area contributed by atoms with Gasteiger partial charge in [-0.2, -0.15) is 0 Å². The second-order valence-electron chi connectivity index (χ2n) is 8.16. The monoisotopic (exact) mass is 379 g/mol. The van der Waals surface area contributed by atoms with Crippen LogP contribution in [0.4, 0.5) is 10.1 Å². The zero-order valence-corrected chi connectivity index (χ0v) is 16.8. The van der Waals surface area contributed by atoms with Crippen molar-refractivity contribution in [2.24, 2.45) is 0 Å². The Hall–Kier alpha value is -1.99. The summed E-state index contributed by atoms with van der Waals surface area (Å²) >= 11 is 0. The zero-order chi connectivity index (χ0) is 20.2. The third-order valence-corrected chi connectivity index (χ3v) is 4.39. The smallest absolute Gasteiger partial charge is 0.244 e. The van der Waals surface area contributed by atoms with Crippen molar-refractivity contribution in [3.05, 3.63) is 30.1 Å². The molecule has 1 heterocycles. The number of benzene rings is 1. The lowest BCUT2D eigenvalue weighted by Crippen LogP contribution is -2.55. The molecule has 0 spiro atoms. The van der Waals surface area contributed by atoms with E-state index in [1.807, 2.05) is 34.6 Å². The zero-order valence-electron chi connectivity index (χ0n) is 16.8. The quantitative estimate of drug-likeness (QED) is 0.854. The average molecular weight is 379 g/mol. The Balaban J connectivity index is 2.00. The van der Waals surface area contributed by atoms with Gasteiger partial charge in [-0.3, -0.25) is 14.5 Å². The molecule has 0 aliphatic carbocycles. The van der Waals surface area contributed by atoms with Crippen molar-refractivity contribution in [1.29, 1.82) is 0 Å². The number of carbonyl (C=O) groups is 2. The highest BCUT2D eigenvalue weighted by Gasteiger charge is 2.31. The molecule has 2 rings (SSSR count). The van der Waals surface area contributed by atoms with Gasteiger partial charge in [-0.05, 0) is 58.9 Å². The number of halogens is 1.